The number of aliphatic imine (C=N–C) groups is 1. The first-order valence-electron chi connectivity index (χ1n) is 7.83. The van der Waals surface area contributed by atoms with E-state index in [0.717, 1.165) is 36.2 Å². The number of rotatable bonds is 7. The first kappa shape index (κ1) is 21.1. The summed E-state index contributed by atoms with van der Waals surface area (Å²) >= 11 is 0. The summed E-state index contributed by atoms with van der Waals surface area (Å²) in [6.07, 6.45) is 2.54. The molecule has 7 heteroatoms. The molecular weight excluding hydrogens is 433 g/mol. The van der Waals surface area contributed by atoms with Crippen molar-refractivity contribution in [2.24, 2.45) is 4.99 Å². The van der Waals surface area contributed by atoms with Crippen molar-refractivity contribution in [2.75, 3.05) is 34.9 Å². The smallest absolute Gasteiger partial charge is 0.193 e. The molecule has 2 aromatic rings. The van der Waals surface area contributed by atoms with Crippen molar-refractivity contribution in [3.05, 3.63) is 47.9 Å². The summed E-state index contributed by atoms with van der Waals surface area (Å²) in [5.74, 6) is 3.19. The maximum absolute atomic E-state index is 5.35. The molecule has 1 aromatic carbocycles. The van der Waals surface area contributed by atoms with Gasteiger partial charge < -0.3 is 24.1 Å². The van der Waals surface area contributed by atoms with Gasteiger partial charge in [-0.05, 0) is 36.2 Å². The third-order valence-corrected chi connectivity index (χ3v) is 3.76. The van der Waals surface area contributed by atoms with E-state index in [1.807, 2.05) is 37.4 Å². The Labute approximate surface area is 166 Å². The summed E-state index contributed by atoms with van der Waals surface area (Å²) < 4.78 is 15.9. The second-order valence-corrected chi connectivity index (χ2v) is 5.34. The number of nitrogens with zero attached hydrogens (tertiary/aromatic N) is 2. The molecule has 0 saturated carbocycles. The summed E-state index contributed by atoms with van der Waals surface area (Å²) in [6.45, 7) is 1.44. The number of nitrogens with one attached hydrogen (secondary N) is 1. The highest BCUT2D eigenvalue weighted by atomic mass is 127. The van der Waals surface area contributed by atoms with Crippen molar-refractivity contribution in [1.82, 2.24) is 10.2 Å². The normalized spacial score (nSPS) is 10.8. The van der Waals surface area contributed by atoms with E-state index >= 15 is 0 Å². The summed E-state index contributed by atoms with van der Waals surface area (Å²) in [5, 5.41) is 3.29. The van der Waals surface area contributed by atoms with Crippen LogP contribution in [0, 0.1) is 0 Å². The standard InChI is InChI=1S/C18H25N3O3.HI/c1-19-18(20-13-15-6-5-11-24-15)21(2)10-9-14-7-8-16(22-3)17(12-14)23-4;/h5-8,11-12H,9-10,13H2,1-4H3,(H,19,20);1H. The highest BCUT2D eigenvalue weighted by Gasteiger charge is 2.09. The Bertz CT molecular complexity index is 660. The fourth-order valence-corrected chi connectivity index (χ4v) is 2.40. The molecule has 0 atom stereocenters. The average molecular weight is 459 g/mol. The molecule has 1 N–H and O–H groups in total. The SMILES string of the molecule is CN=C(NCc1ccco1)N(C)CCc1ccc(OC)c(OC)c1.I. The largest absolute Gasteiger partial charge is 0.493 e. The molecule has 2 rings (SSSR count). The molecule has 138 valence electrons. The van der Waals surface area contributed by atoms with Crippen LogP contribution in [0.3, 0.4) is 0 Å². The predicted molar refractivity (Wildman–Crippen MR) is 110 cm³/mol. The predicted octanol–water partition coefficient (Wildman–Crippen LogP) is 3.16. The molecule has 0 bridgehead atoms. The Morgan fingerprint density at radius 1 is 1.20 bits per heavy atom. The van der Waals surface area contributed by atoms with Crippen LogP contribution < -0.4 is 14.8 Å². The lowest BCUT2D eigenvalue weighted by atomic mass is 10.1. The topological polar surface area (TPSA) is 59.2 Å². The van der Waals surface area contributed by atoms with Gasteiger partial charge in [-0.2, -0.15) is 0 Å². The maximum atomic E-state index is 5.35. The van der Waals surface area contributed by atoms with Gasteiger partial charge in [-0.25, -0.2) is 0 Å². The molecule has 1 heterocycles. The van der Waals surface area contributed by atoms with E-state index in [-0.39, 0.29) is 24.0 Å². The van der Waals surface area contributed by atoms with Gasteiger partial charge in [0, 0.05) is 20.6 Å². The molecule has 0 aliphatic heterocycles. The van der Waals surface area contributed by atoms with Crippen LogP contribution in [-0.2, 0) is 13.0 Å². The quantitative estimate of drug-likeness (QED) is 0.392. The number of benzene rings is 1. The van der Waals surface area contributed by atoms with Crippen LogP contribution in [0.5, 0.6) is 11.5 Å². The van der Waals surface area contributed by atoms with E-state index in [2.05, 4.69) is 15.2 Å². The third kappa shape index (κ3) is 6.15. The first-order chi connectivity index (χ1) is 11.7. The summed E-state index contributed by atoms with van der Waals surface area (Å²) in [5.41, 5.74) is 1.18. The number of hydrogen-bond donors (Lipinski definition) is 1. The van der Waals surface area contributed by atoms with Gasteiger partial charge in [0.25, 0.3) is 0 Å². The minimum Gasteiger partial charge on any atom is -0.493 e. The molecule has 6 nitrogen and oxygen atoms in total. The van der Waals surface area contributed by atoms with Gasteiger partial charge in [-0.3, -0.25) is 4.99 Å². The molecule has 0 radical (unpaired) electrons. The van der Waals surface area contributed by atoms with E-state index in [1.54, 1.807) is 27.5 Å². The molecule has 0 unspecified atom stereocenters. The molecule has 0 aliphatic rings. The second-order valence-electron chi connectivity index (χ2n) is 5.34. The zero-order valence-corrected chi connectivity index (χ0v) is 17.4. The average Bonchev–Trinajstić information content (AvgIpc) is 3.13. The van der Waals surface area contributed by atoms with Gasteiger partial charge in [-0.1, -0.05) is 6.07 Å². The fourth-order valence-electron chi connectivity index (χ4n) is 2.40. The maximum Gasteiger partial charge on any atom is 0.193 e. The van der Waals surface area contributed by atoms with Gasteiger partial charge in [-0.15, -0.1) is 24.0 Å². The molecule has 0 aliphatic carbocycles. The van der Waals surface area contributed by atoms with Crippen LogP contribution >= 0.6 is 24.0 Å². The van der Waals surface area contributed by atoms with Gasteiger partial charge in [0.05, 0.1) is 27.0 Å². The number of likely N-dealkylation sites (N-methyl/N-ethyl adjacent to an activating group) is 1. The van der Waals surface area contributed by atoms with E-state index < -0.39 is 0 Å². The molecule has 0 fully saturated rings. The van der Waals surface area contributed by atoms with Crippen molar-refractivity contribution in [2.45, 2.75) is 13.0 Å². The van der Waals surface area contributed by atoms with Crippen molar-refractivity contribution in [1.29, 1.82) is 0 Å². The Balaban J connectivity index is 0.00000312. The minimum atomic E-state index is 0. The van der Waals surface area contributed by atoms with Crippen LogP contribution in [0.4, 0.5) is 0 Å². The highest BCUT2D eigenvalue weighted by Crippen LogP contribution is 2.27. The Morgan fingerprint density at radius 2 is 1.96 bits per heavy atom. The molecule has 25 heavy (non-hydrogen) atoms. The van der Waals surface area contributed by atoms with E-state index in [0.29, 0.717) is 6.54 Å². The molecule has 0 saturated heterocycles. The minimum absolute atomic E-state index is 0. The Morgan fingerprint density at radius 3 is 2.56 bits per heavy atom. The van der Waals surface area contributed by atoms with E-state index in [4.69, 9.17) is 13.9 Å². The van der Waals surface area contributed by atoms with Crippen LogP contribution in [0.15, 0.2) is 46.0 Å². The summed E-state index contributed by atoms with van der Waals surface area (Å²) in [7, 11) is 7.07. The third-order valence-electron chi connectivity index (χ3n) is 3.76. The summed E-state index contributed by atoms with van der Waals surface area (Å²) in [6, 6.07) is 9.79. The molecular formula is C18H26IN3O3. The monoisotopic (exact) mass is 459 g/mol. The molecule has 1 aromatic heterocycles. The van der Waals surface area contributed by atoms with Crippen LogP contribution in [-0.4, -0.2) is 45.7 Å². The number of guanidine groups is 1. The highest BCUT2D eigenvalue weighted by molar-refractivity contribution is 14.0. The lowest BCUT2D eigenvalue weighted by Gasteiger charge is -2.22. The number of halogens is 1. The molecule has 0 spiro atoms. The number of furan rings is 1. The van der Waals surface area contributed by atoms with Crippen LogP contribution in [0.1, 0.15) is 11.3 Å². The zero-order valence-electron chi connectivity index (χ0n) is 15.1. The van der Waals surface area contributed by atoms with Crippen molar-refractivity contribution >= 4 is 29.9 Å². The number of hydrogen-bond acceptors (Lipinski definition) is 4. The van der Waals surface area contributed by atoms with Crippen LogP contribution in [0.2, 0.25) is 0 Å². The van der Waals surface area contributed by atoms with Gasteiger partial charge in [0.15, 0.2) is 17.5 Å². The molecule has 0 amide bonds. The second kappa shape index (κ2) is 10.9. The number of methoxy groups -OCH3 is 2. The lowest BCUT2D eigenvalue weighted by Crippen LogP contribution is -2.39. The van der Waals surface area contributed by atoms with Crippen molar-refractivity contribution in [3.63, 3.8) is 0 Å². The Hall–Kier alpha value is -1.90. The Kier molecular flexibility index (Phi) is 9.18. The number of ether oxygens (including phenoxy) is 2. The van der Waals surface area contributed by atoms with Gasteiger partial charge in [0.2, 0.25) is 0 Å². The van der Waals surface area contributed by atoms with Gasteiger partial charge in [0.1, 0.15) is 5.76 Å². The first-order valence-corrected chi connectivity index (χ1v) is 7.83. The lowest BCUT2D eigenvalue weighted by molar-refractivity contribution is 0.354. The zero-order chi connectivity index (χ0) is 17.4. The van der Waals surface area contributed by atoms with E-state index in [9.17, 15) is 0 Å². The van der Waals surface area contributed by atoms with Crippen LogP contribution in [0.25, 0.3) is 0 Å². The van der Waals surface area contributed by atoms with E-state index in [1.165, 1.54) is 5.56 Å². The van der Waals surface area contributed by atoms with Crippen molar-refractivity contribution < 1.29 is 13.9 Å². The van der Waals surface area contributed by atoms with Gasteiger partial charge >= 0.3 is 0 Å². The van der Waals surface area contributed by atoms with Crippen molar-refractivity contribution in [3.8, 4) is 11.5 Å². The summed E-state index contributed by atoms with van der Waals surface area (Å²) in [4.78, 5) is 6.39. The fraction of sp³-hybridized carbons (Fsp3) is 0.389.